The summed E-state index contributed by atoms with van der Waals surface area (Å²) >= 11 is 0. The van der Waals surface area contributed by atoms with E-state index in [-0.39, 0.29) is 12.0 Å². The van der Waals surface area contributed by atoms with Gasteiger partial charge in [-0.05, 0) is 47.9 Å². The Morgan fingerprint density at radius 3 is 2.69 bits per heavy atom. The van der Waals surface area contributed by atoms with E-state index in [0.29, 0.717) is 11.1 Å². The molecule has 2 aromatic carbocycles. The Bertz CT molecular complexity index is 1380. The first-order valence-electron chi connectivity index (χ1n) is 9.90. The lowest BCUT2D eigenvalue weighted by molar-refractivity contribution is -0.0234. The lowest BCUT2D eigenvalue weighted by atomic mass is 9.88. The van der Waals surface area contributed by atoms with Crippen LogP contribution in [0, 0.1) is 19.3 Å². The molecule has 1 aliphatic heterocycles. The number of hydrogen-bond donors (Lipinski definition) is 2. The fraction of sp³-hybridized carbons (Fsp3) is 0.160. The van der Waals surface area contributed by atoms with E-state index in [1.54, 1.807) is 37.3 Å². The molecule has 0 radical (unpaired) electrons. The summed E-state index contributed by atoms with van der Waals surface area (Å²) in [5, 5.41) is 9.47. The number of carboxylic acids is 1. The van der Waals surface area contributed by atoms with Gasteiger partial charge in [-0.1, -0.05) is 42.3 Å². The van der Waals surface area contributed by atoms with E-state index in [9.17, 15) is 19.5 Å². The summed E-state index contributed by atoms with van der Waals surface area (Å²) in [5.74, 6) is 1.61. The van der Waals surface area contributed by atoms with Crippen molar-refractivity contribution in [3.8, 4) is 23.5 Å². The summed E-state index contributed by atoms with van der Waals surface area (Å²) in [6.07, 6.45) is 9.99. The number of carboxylic acid groups (broad SMARTS) is 1. The summed E-state index contributed by atoms with van der Waals surface area (Å²) in [4.78, 5) is 37.8. The number of benzene rings is 2. The van der Waals surface area contributed by atoms with Gasteiger partial charge in [0.15, 0.2) is 11.8 Å². The van der Waals surface area contributed by atoms with Crippen LogP contribution >= 0.6 is 0 Å². The molecule has 1 aliphatic rings. The molecule has 2 atom stereocenters. The van der Waals surface area contributed by atoms with Gasteiger partial charge < -0.3 is 9.84 Å². The fourth-order valence-corrected chi connectivity index (χ4v) is 3.75. The lowest BCUT2D eigenvalue weighted by Gasteiger charge is -2.26. The summed E-state index contributed by atoms with van der Waals surface area (Å²) in [5.41, 5.74) is 0.674. The SMILES string of the molecule is C#C[C@@]1(Cc2cc(C(=O)O)ccc2-c2ccccc2)C=C[C@H](n2cc(C)c(=O)[nH]c2=O)O1. The molecule has 2 heterocycles. The number of nitrogens with zero attached hydrogens (tertiary/aromatic N) is 1. The van der Waals surface area contributed by atoms with Crippen molar-refractivity contribution >= 4 is 5.97 Å². The Balaban J connectivity index is 1.73. The molecular weight excluding hydrogens is 408 g/mol. The quantitative estimate of drug-likeness (QED) is 0.481. The van der Waals surface area contributed by atoms with Gasteiger partial charge >= 0.3 is 11.7 Å². The second kappa shape index (κ2) is 8.17. The fourth-order valence-electron chi connectivity index (χ4n) is 3.75. The van der Waals surface area contributed by atoms with Crippen molar-refractivity contribution in [3.05, 3.63) is 104 Å². The van der Waals surface area contributed by atoms with Crippen LogP contribution in [0.4, 0.5) is 0 Å². The molecule has 0 saturated heterocycles. The van der Waals surface area contributed by atoms with E-state index in [1.807, 2.05) is 30.3 Å². The Hall–Kier alpha value is -4.15. The van der Waals surface area contributed by atoms with Gasteiger partial charge in [-0.3, -0.25) is 14.3 Å². The Morgan fingerprint density at radius 1 is 1.25 bits per heavy atom. The number of aryl methyl sites for hydroxylation is 1. The minimum atomic E-state index is -1.20. The highest BCUT2D eigenvalue weighted by Crippen LogP contribution is 2.35. The second-order valence-electron chi connectivity index (χ2n) is 7.60. The molecule has 160 valence electrons. The molecule has 3 aromatic rings. The van der Waals surface area contributed by atoms with Crippen LogP contribution in [0.2, 0.25) is 0 Å². The number of rotatable bonds is 5. The van der Waals surface area contributed by atoms with Crippen molar-refractivity contribution in [3.63, 3.8) is 0 Å². The van der Waals surface area contributed by atoms with E-state index in [2.05, 4.69) is 10.9 Å². The Kier molecular flexibility index (Phi) is 5.39. The van der Waals surface area contributed by atoms with E-state index in [1.165, 1.54) is 10.8 Å². The van der Waals surface area contributed by atoms with Gasteiger partial charge in [-0.2, -0.15) is 0 Å². The van der Waals surface area contributed by atoms with Gasteiger partial charge in [-0.25, -0.2) is 9.59 Å². The predicted octanol–water partition coefficient (Wildman–Crippen LogP) is 2.91. The van der Waals surface area contributed by atoms with E-state index < -0.39 is 29.0 Å². The van der Waals surface area contributed by atoms with Crippen LogP contribution in [0.5, 0.6) is 0 Å². The predicted molar refractivity (Wildman–Crippen MR) is 119 cm³/mol. The number of nitrogens with one attached hydrogen (secondary N) is 1. The number of ether oxygens (including phenoxy) is 1. The summed E-state index contributed by atoms with van der Waals surface area (Å²) < 4.78 is 7.36. The number of H-pyrrole nitrogens is 1. The average Bonchev–Trinajstić information content (AvgIpc) is 3.21. The third-order valence-electron chi connectivity index (χ3n) is 5.42. The molecule has 0 unspecified atom stereocenters. The number of hydrogen-bond acceptors (Lipinski definition) is 4. The summed E-state index contributed by atoms with van der Waals surface area (Å²) in [6.45, 7) is 1.59. The number of aromatic nitrogens is 2. The van der Waals surface area contributed by atoms with Gasteiger partial charge in [0.05, 0.1) is 5.56 Å². The van der Waals surface area contributed by atoms with Gasteiger partial charge in [-0.15, -0.1) is 6.42 Å². The number of terminal acetylenes is 1. The highest BCUT2D eigenvalue weighted by Gasteiger charge is 2.36. The van der Waals surface area contributed by atoms with Crippen LogP contribution in [-0.4, -0.2) is 26.2 Å². The maximum atomic E-state index is 12.3. The van der Waals surface area contributed by atoms with Gasteiger partial charge in [0.1, 0.15) is 0 Å². The molecule has 32 heavy (non-hydrogen) atoms. The first kappa shape index (κ1) is 21.1. The third kappa shape index (κ3) is 3.92. The minimum absolute atomic E-state index is 0.137. The van der Waals surface area contributed by atoms with Crippen molar-refractivity contribution in [1.29, 1.82) is 0 Å². The molecule has 7 nitrogen and oxygen atoms in total. The van der Waals surface area contributed by atoms with Crippen LogP contribution in [0.25, 0.3) is 11.1 Å². The molecule has 0 bridgehead atoms. The van der Waals surface area contributed by atoms with Crippen molar-refractivity contribution < 1.29 is 14.6 Å². The first-order valence-corrected chi connectivity index (χ1v) is 9.90. The lowest BCUT2D eigenvalue weighted by Crippen LogP contribution is -2.36. The largest absolute Gasteiger partial charge is 0.478 e. The van der Waals surface area contributed by atoms with E-state index in [0.717, 1.165) is 11.1 Å². The molecule has 1 aromatic heterocycles. The molecule has 2 N–H and O–H groups in total. The minimum Gasteiger partial charge on any atom is -0.478 e. The van der Waals surface area contributed by atoms with Crippen molar-refractivity contribution in [2.45, 2.75) is 25.2 Å². The van der Waals surface area contributed by atoms with E-state index in [4.69, 9.17) is 11.2 Å². The molecule has 0 spiro atoms. The zero-order chi connectivity index (χ0) is 22.9. The van der Waals surface area contributed by atoms with Gasteiger partial charge in [0.2, 0.25) is 0 Å². The number of carbonyl (C=O) groups is 1. The molecular formula is C25H20N2O5. The smallest absolute Gasteiger partial charge is 0.335 e. The Morgan fingerprint density at radius 2 is 2.00 bits per heavy atom. The molecule has 7 heteroatoms. The maximum Gasteiger partial charge on any atom is 0.335 e. The van der Waals surface area contributed by atoms with Crippen LogP contribution < -0.4 is 11.2 Å². The van der Waals surface area contributed by atoms with Crippen molar-refractivity contribution in [2.75, 3.05) is 0 Å². The molecule has 0 amide bonds. The molecule has 0 aliphatic carbocycles. The van der Waals surface area contributed by atoms with Gasteiger partial charge in [0, 0.05) is 18.2 Å². The molecule has 4 rings (SSSR count). The standard InChI is InChI=1S/C25H20N2O5/c1-3-25(12-11-21(32-25)27-15-16(2)22(28)26-24(27)31)14-19-13-18(23(29)30)9-10-20(19)17-7-5-4-6-8-17/h1,4-13,15,21H,14H2,2H3,(H,29,30)(H,26,28,31)/t21-,25+/m1/s1. The zero-order valence-electron chi connectivity index (χ0n) is 17.2. The normalized spacial score (nSPS) is 19.6. The number of aromatic amines is 1. The van der Waals surface area contributed by atoms with Crippen molar-refractivity contribution in [1.82, 2.24) is 9.55 Å². The first-order chi connectivity index (χ1) is 15.3. The maximum absolute atomic E-state index is 12.3. The summed E-state index contributed by atoms with van der Waals surface area (Å²) in [6, 6.07) is 14.4. The van der Waals surface area contributed by atoms with Gasteiger partial charge in [0.25, 0.3) is 5.56 Å². The monoisotopic (exact) mass is 428 g/mol. The molecule has 0 fully saturated rings. The van der Waals surface area contributed by atoms with Crippen LogP contribution in [0.1, 0.15) is 27.7 Å². The average molecular weight is 428 g/mol. The highest BCUT2D eigenvalue weighted by molar-refractivity contribution is 5.89. The van der Waals surface area contributed by atoms with Crippen molar-refractivity contribution in [2.24, 2.45) is 0 Å². The zero-order valence-corrected chi connectivity index (χ0v) is 17.2. The van der Waals surface area contributed by atoms with Crippen LogP contribution in [-0.2, 0) is 11.2 Å². The van der Waals surface area contributed by atoms with Crippen LogP contribution in [0.15, 0.2) is 76.5 Å². The Labute approximate surface area is 183 Å². The topological polar surface area (TPSA) is 101 Å². The third-order valence-corrected chi connectivity index (χ3v) is 5.42. The summed E-state index contributed by atoms with van der Waals surface area (Å²) in [7, 11) is 0. The van der Waals surface area contributed by atoms with E-state index >= 15 is 0 Å². The highest BCUT2D eigenvalue weighted by atomic mass is 16.5. The molecule has 0 saturated carbocycles. The van der Waals surface area contributed by atoms with Crippen LogP contribution in [0.3, 0.4) is 0 Å². The second-order valence-corrected chi connectivity index (χ2v) is 7.60. The number of aromatic carboxylic acids is 1.